The molecule has 1 N–H and O–H groups in total. The number of ether oxygens (including phenoxy) is 5. The number of carboxylic acid groups (broad SMARTS) is 1. The first-order valence-electron chi connectivity index (χ1n) is 18.7. The van der Waals surface area contributed by atoms with Crippen LogP contribution in [0.3, 0.4) is 0 Å². The van der Waals surface area contributed by atoms with E-state index < -0.39 is 70.1 Å². The molecule has 318 valence electrons. The monoisotopic (exact) mass is 853 g/mol. The van der Waals surface area contributed by atoms with Crippen LogP contribution in [0.1, 0.15) is 49.8 Å². The molecule has 0 bridgehead atoms. The first-order chi connectivity index (χ1) is 28.7. The van der Waals surface area contributed by atoms with Gasteiger partial charge in [-0.1, -0.05) is 24.3 Å². The van der Waals surface area contributed by atoms with Crippen molar-refractivity contribution in [1.29, 1.82) is 5.26 Å². The standard InChI is InChI=1S/C41H42F3N5O10S/c1-26(60-32-21-55-39(56-22-32)6-4-3-5-30-8-7-29(20-45)17-34(30)43)41(23-49-25-46-24-47-49,33-10-9-31(42)19-35(33)44)59-40(54)58-27(2)57-38(53)12-11-36(50)48-15-13-28(14-16-48)18-37(51)52/h3-12,17,19,24-28,32,39H,13-16,18,21-23H2,1-2H3,(H,51,52). The summed E-state index contributed by atoms with van der Waals surface area (Å²) in [5.74, 6) is -4.91. The molecule has 15 nitrogen and oxygen atoms in total. The van der Waals surface area contributed by atoms with Gasteiger partial charge in [-0.3, -0.25) is 9.59 Å². The minimum atomic E-state index is -1.95. The predicted octanol–water partition coefficient (Wildman–Crippen LogP) is 5.91. The van der Waals surface area contributed by atoms with E-state index in [1.54, 1.807) is 25.2 Å². The van der Waals surface area contributed by atoms with Gasteiger partial charge in [-0.2, -0.15) is 10.4 Å². The lowest BCUT2D eigenvalue weighted by atomic mass is 9.89. The van der Waals surface area contributed by atoms with Gasteiger partial charge in [-0.25, -0.2) is 32.4 Å². The number of allylic oxidation sites excluding steroid dienone is 2. The number of aliphatic carboxylic acids is 1. The number of likely N-dealkylation sites (tertiary alicyclic amines) is 1. The summed E-state index contributed by atoms with van der Waals surface area (Å²) in [5, 5.41) is 20.8. The smallest absolute Gasteiger partial charge is 0.481 e. The van der Waals surface area contributed by atoms with Gasteiger partial charge in [-0.05, 0) is 56.0 Å². The summed E-state index contributed by atoms with van der Waals surface area (Å²) < 4.78 is 73.6. The first-order valence-corrected chi connectivity index (χ1v) is 19.7. The highest BCUT2D eigenvalue weighted by Gasteiger charge is 2.47. The van der Waals surface area contributed by atoms with Crippen LogP contribution in [0.25, 0.3) is 6.08 Å². The lowest BCUT2D eigenvalue weighted by Gasteiger charge is -2.40. The topological polar surface area (TPSA) is 192 Å². The number of amides is 1. The van der Waals surface area contributed by atoms with Gasteiger partial charge < -0.3 is 33.7 Å². The summed E-state index contributed by atoms with van der Waals surface area (Å²) in [7, 11) is 0. The Morgan fingerprint density at radius 3 is 2.43 bits per heavy atom. The fourth-order valence-electron chi connectivity index (χ4n) is 6.51. The molecule has 3 heterocycles. The van der Waals surface area contributed by atoms with Crippen LogP contribution < -0.4 is 0 Å². The Morgan fingerprint density at radius 1 is 1.03 bits per heavy atom. The average Bonchev–Trinajstić information content (AvgIpc) is 3.72. The number of nitriles is 1. The van der Waals surface area contributed by atoms with E-state index in [9.17, 15) is 28.0 Å². The molecule has 3 aromatic rings. The Kier molecular flexibility index (Phi) is 16.0. The molecule has 0 aliphatic carbocycles. The van der Waals surface area contributed by atoms with Crippen LogP contribution in [-0.4, -0.2) is 98.2 Å². The van der Waals surface area contributed by atoms with Gasteiger partial charge in [0.25, 0.3) is 0 Å². The van der Waals surface area contributed by atoms with Crippen molar-refractivity contribution in [3.63, 3.8) is 0 Å². The second kappa shape index (κ2) is 21.3. The molecule has 2 saturated heterocycles. The normalized spacial score (nSPS) is 19.4. The summed E-state index contributed by atoms with van der Waals surface area (Å²) in [6, 6.07) is 8.78. The number of rotatable bonds is 16. The molecule has 2 aliphatic rings. The molecule has 5 rings (SSSR count). The number of piperidine rings is 1. The van der Waals surface area contributed by atoms with Crippen molar-refractivity contribution in [2.75, 3.05) is 26.3 Å². The molecule has 0 spiro atoms. The van der Waals surface area contributed by atoms with E-state index in [2.05, 4.69) is 10.1 Å². The quantitative estimate of drug-likeness (QED) is 0.0774. The number of hydrogen-bond donors (Lipinski definition) is 1. The third-order valence-electron chi connectivity index (χ3n) is 9.54. The van der Waals surface area contributed by atoms with Crippen molar-refractivity contribution in [2.24, 2.45) is 5.92 Å². The number of aromatic nitrogens is 3. The van der Waals surface area contributed by atoms with Gasteiger partial charge in [0.15, 0.2) is 11.9 Å². The summed E-state index contributed by atoms with van der Waals surface area (Å²) >= 11 is 1.22. The van der Waals surface area contributed by atoms with Crippen LogP contribution in [0, 0.1) is 34.7 Å². The maximum absolute atomic E-state index is 15.8. The Hall–Kier alpha value is -5.97. The number of benzene rings is 2. The van der Waals surface area contributed by atoms with Gasteiger partial charge in [0.2, 0.25) is 12.2 Å². The lowest BCUT2D eigenvalue weighted by molar-refractivity contribution is -0.166. The first kappa shape index (κ1) is 45.1. The fourth-order valence-corrected chi connectivity index (χ4v) is 7.87. The Morgan fingerprint density at radius 2 is 1.78 bits per heavy atom. The molecule has 19 heteroatoms. The lowest BCUT2D eigenvalue weighted by Crippen LogP contribution is -2.47. The maximum Gasteiger partial charge on any atom is 0.512 e. The molecule has 0 saturated carbocycles. The molecule has 3 unspecified atom stereocenters. The number of carbonyl (C=O) groups is 4. The summed E-state index contributed by atoms with van der Waals surface area (Å²) in [5.41, 5.74) is -1.69. The van der Waals surface area contributed by atoms with Gasteiger partial charge >= 0.3 is 18.1 Å². The van der Waals surface area contributed by atoms with E-state index in [-0.39, 0.29) is 48.8 Å². The summed E-state index contributed by atoms with van der Waals surface area (Å²) in [4.78, 5) is 55.1. The number of carboxylic acids is 1. The molecule has 0 radical (unpaired) electrons. The van der Waals surface area contributed by atoms with Crippen LogP contribution in [-0.2, 0) is 50.2 Å². The van der Waals surface area contributed by atoms with E-state index in [0.29, 0.717) is 32.0 Å². The Labute approximate surface area is 347 Å². The third kappa shape index (κ3) is 12.8. The summed E-state index contributed by atoms with van der Waals surface area (Å²) in [6.45, 7) is 3.48. The molecule has 2 aromatic carbocycles. The van der Waals surface area contributed by atoms with Crippen molar-refractivity contribution < 1.29 is 61.1 Å². The van der Waals surface area contributed by atoms with Crippen LogP contribution in [0.4, 0.5) is 18.0 Å². The Bertz CT molecular complexity index is 2110. The number of thioether (sulfide) groups is 1. The minimum absolute atomic E-state index is 0.0148. The number of hydrogen-bond acceptors (Lipinski definition) is 13. The molecule has 2 fully saturated rings. The van der Waals surface area contributed by atoms with Crippen LogP contribution in [0.2, 0.25) is 0 Å². The molecule has 2 aliphatic heterocycles. The van der Waals surface area contributed by atoms with Crippen molar-refractivity contribution in [3.8, 4) is 6.07 Å². The number of halogens is 3. The zero-order valence-corrected chi connectivity index (χ0v) is 33.3. The van der Waals surface area contributed by atoms with E-state index in [1.165, 1.54) is 59.1 Å². The highest BCUT2D eigenvalue weighted by atomic mass is 32.2. The van der Waals surface area contributed by atoms with Gasteiger partial charge in [0.1, 0.15) is 30.1 Å². The third-order valence-corrected chi connectivity index (χ3v) is 11.0. The molecule has 1 amide bonds. The maximum atomic E-state index is 15.8. The predicted molar refractivity (Wildman–Crippen MR) is 208 cm³/mol. The second-order valence-corrected chi connectivity index (χ2v) is 15.5. The van der Waals surface area contributed by atoms with E-state index in [4.69, 9.17) is 34.1 Å². The van der Waals surface area contributed by atoms with Crippen molar-refractivity contribution in [2.45, 2.75) is 68.3 Å². The van der Waals surface area contributed by atoms with E-state index >= 15 is 4.39 Å². The van der Waals surface area contributed by atoms with Crippen molar-refractivity contribution in [3.05, 3.63) is 114 Å². The fraction of sp³-hybridized carbons (Fsp3) is 0.390. The number of nitrogens with zero attached hydrogens (tertiary/aromatic N) is 5. The molecule has 60 heavy (non-hydrogen) atoms. The zero-order chi connectivity index (χ0) is 43.2. The molecular weight excluding hydrogens is 812 g/mol. The summed E-state index contributed by atoms with van der Waals surface area (Å²) in [6.07, 6.45) is 8.07. The van der Waals surface area contributed by atoms with Crippen LogP contribution >= 0.6 is 11.8 Å². The number of esters is 1. The van der Waals surface area contributed by atoms with Crippen LogP contribution in [0.5, 0.6) is 0 Å². The highest BCUT2D eigenvalue weighted by Crippen LogP contribution is 2.42. The van der Waals surface area contributed by atoms with E-state index in [0.717, 1.165) is 30.4 Å². The average molecular weight is 854 g/mol. The van der Waals surface area contributed by atoms with Crippen LogP contribution in [0.15, 0.2) is 79.4 Å². The largest absolute Gasteiger partial charge is 0.512 e. The Balaban J connectivity index is 1.23. The minimum Gasteiger partial charge on any atom is -0.481 e. The molecular formula is C41H42F3N5O10S. The number of carbonyl (C=O) groups excluding carboxylic acids is 3. The van der Waals surface area contributed by atoms with Crippen molar-refractivity contribution >= 4 is 41.8 Å². The van der Waals surface area contributed by atoms with Gasteiger partial charge in [0, 0.05) is 61.0 Å². The highest BCUT2D eigenvalue weighted by molar-refractivity contribution is 8.00. The zero-order valence-electron chi connectivity index (χ0n) is 32.5. The van der Waals surface area contributed by atoms with E-state index in [1.807, 2.05) is 6.07 Å². The van der Waals surface area contributed by atoms with Gasteiger partial charge in [-0.15, -0.1) is 11.8 Å². The SMILES string of the molecule is CC(OC(=O)C=CC(=O)N1CCC(CC(=O)O)CC1)OC(=O)OC(Cn1cncn1)(c1ccc(F)cc1F)C(C)SC1COC(C=CC=Cc2ccc(C#N)cc2F)OC1. The second-order valence-electron chi connectivity index (χ2n) is 13.8. The molecule has 1 aromatic heterocycles. The molecule has 3 atom stereocenters. The van der Waals surface area contributed by atoms with Crippen molar-refractivity contribution in [1.82, 2.24) is 19.7 Å². The van der Waals surface area contributed by atoms with Gasteiger partial charge in [0.05, 0.1) is 36.6 Å².